The van der Waals surface area contributed by atoms with Crippen LogP contribution in [-0.4, -0.2) is 35.7 Å². The molecule has 1 aliphatic heterocycles. The molecule has 4 heteroatoms. The molecule has 1 aromatic rings. The zero-order chi connectivity index (χ0) is 12.1. The maximum atomic E-state index is 11.7. The molecule has 1 aromatic carbocycles. The average molecular weight is 234 g/mol. The number of rotatable bonds is 3. The molecule has 0 saturated carbocycles. The van der Waals surface area contributed by atoms with E-state index in [2.05, 4.69) is 5.32 Å². The second-order valence-electron chi connectivity index (χ2n) is 4.31. The highest BCUT2D eigenvalue weighted by molar-refractivity contribution is 5.74. The summed E-state index contributed by atoms with van der Waals surface area (Å²) in [4.78, 5) is 13.5. The fraction of sp³-hybridized carbons (Fsp3) is 0.462. The molecular formula is C13H18N2O2. The van der Waals surface area contributed by atoms with Crippen LogP contribution < -0.4 is 5.32 Å². The number of carbonyl (C=O) groups is 1. The first kappa shape index (κ1) is 11.9. The van der Waals surface area contributed by atoms with Gasteiger partial charge in [-0.05, 0) is 18.4 Å². The van der Waals surface area contributed by atoms with E-state index >= 15 is 0 Å². The molecule has 1 heterocycles. The molecule has 2 N–H and O–H groups in total. The normalized spacial score (nSPS) is 16.9. The molecule has 1 fully saturated rings. The Morgan fingerprint density at radius 1 is 1.29 bits per heavy atom. The molecule has 2 rings (SSSR count). The van der Waals surface area contributed by atoms with Crippen LogP contribution in [0, 0.1) is 0 Å². The minimum absolute atomic E-state index is 0.0718. The summed E-state index contributed by atoms with van der Waals surface area (Å²) >= 11 is 0. The predicted molar refractivity (Wildman–Crippen MR) is 65.6 cm³/mol. The van der Waals surface area contributed by atoms with Gasteiger partial charge >= 0.3 is 6.03 Å². The standard InChI is InChI=1S/C13H18N2O2/c16-12(11-6-2-1-3-7-11)10-14-13(17)15-8-4-5-9-15/h1-3,6-7,12,16H,4-5,8-10H2,(H,14,17). The summed E-state index contributed by atoms with van der Waals surface area (Å²) < 4.78 is 0. The minimum Gasteiger partial charge on any atom is -0.387 e. The van der Waals surface area contributed by atoms with E-state index in [1.807, 2.05) is 30.3 Å². The highest BCUT2D eigenvalue weighted by atomic mass is 16.3. The number of likely N-dealkylation sites (tertiary alicyclic amines) is 1. The quantitative estimate of drug-likeness (QED) is 0.833. The van der Waals surface area contributed by atoms with E-state index in [4.69, 9.17) is 0 Å². The minimum atomic E-state index is -0.636. The van der Waals surface area contributed by atoms with E-state index < -0.39 is 6.10 Å². The number of amides is 2. The van der Waals surface area contributed by atoms with Crippen molar-refractivity contribution in [3.05, 3.63) is 35.9 Å². The number of aliphatic hydroxyl groups excluding tert-OH is 1. The number of carbonyl (C=O) groups excluding carboxylic acids is 1. The molecule has 0 aliphatic carbocycles. The molecule has 0 spiro atoms. The smallest absolute Gasteiger partial charge is 0.317 e. The molecule has 17 heavy (non-hydrogen) atoms. The first-order valence-electron chi connectivity index (χ1n) is 6.03. The van der Waals surface area contributed by atoms with Gasteiger partial charge in [-0.15, -0.1) is 0 Å². The van der Waals surface area contributed by atoms with E-state index in [0.29, 0.717) is 0 Å². The molecule has 0 aromatic heterocycles. The molecule has 92 valence electrons. The summed E-state index contributed by atoms with van der Waals surface area (Å²) in [6.07, 6.45) is 1.52. The van der Waals surface area contributed by atoms with E-state index in [-0.39, 0.29) is 12.6 Å². The molecule has 1 saturated heterocycles. The van der Waals surface area contributed by atoms with Crippen LogP contribution in [0.3, 0.4) is 0 Å². The largest absolute Gasteiger partial charge is 0.387 e. The van der Waals surface area contributed by atoms with Gasteiger partial charge in [0.25, 0.3) is 0 Å². The van der Waals surface area contributed by atoms with Crippen molar-refractivity contribution in [3.63, 3.8) is 0 Å². The highest BCUT2D eigenvalue weighted by Crippen LogP contribution is 2.11. The van der Waals surface area contributed by atoms with Gasteiger partial charge in [0.2, 0.25) is 0 Å². The SMILES string of the molecule is O=C(NCC(O)c1ccccc1)N1CCCC1. The van der Waals surface area contributed by atoms with Crippen LogP contribution in [0.5, 0.6) is 0 Å². The van der Waals surface area contributed by atoms with Crippen molar-refractivity contribution in [3.8, 4) is 0 Å². The van der Waals surface area contributed by atoms with Crippen molar-refractivity contribution in [1.29, 1.82) is 0 Å². The highest BCUT2D eigenvalue weighted by Gasteiger charge is 2.18. The molecule has 2 amide bonds. The van der Waals surface area contributed by atoms with Gasteiger partial charge in [0.15, 0.2) is 0 Å². The van der Waals surface area contributed by atoms with Crippen LogP contribution in [0.1, 0.15) is 24.5 Å². The van der Waals surface area contributed by atoms with Gasteiger partial charge in [-0.3, -0.25) is 0 Å². The third-order valence-corrected chi connectivity index (χ3v) is 3.02. The monoisotopic (exact) mass is 234 g/mol. The summed E-state index contributed by atoms with van der Waals surface area (Å²) in [7, 11) is 0. The van der Waals surface area contributed by atoms with Gasteiger partial charge in [0, 0.05) is 19.6 Å². The number of nitrogens with one attached hydrogen (secondary N) is 1. The first-order chi connectivity index (χ1) is 8.27. The summed E-state index contributed by atoms with van der Waals surface area (Å²) in [5.74, 6) is 0. The summed E-state index contributed by atoms with van der Waals surface area (Å²) in [6.45, 7) is 1.92. The Labute approximate surface area is 101 Å². The first-order valence-corrected chi connectivity index (χ1v) is 6.03. The predicted octanol–water partition coefficient (Wildman–Crippen LogP) is 1.53. The summed E-state index contributed by atoms with van der Waals surface area (Å²) in [5, 5.41) is 12.6. The fourth-order valence-corrected chi connectivity index (χ4v) is 2.01. The Kier molecular flexibility index (Phi) is 3.98. The number of urea groups is 1. The lowest BCUT2D eigenvalue weighted by Gasteiger charge is -2.18. The van der Waals surface area contributed by atoms with Crippen molar-refractivity contribution < 1.29 is 9.90 Å². The van der Waals surface area contributed by atoms with E-state index in [1.54, 1.807) is 4.90 Å². The Balaban J connectivity index is 1.80. The van der Waals surface area contributed by atoms with Crippen LogP contribution in [-0.2, 0) is 0 Å². The molecule has 1 atom stereocenters. The molecule has 1 aliphatic rings. The van der Waals surface area contributed by atoms with Crippen LogP contribution in [0.4, 0.5) is 4.79 Å². The van der Waals surface area contributed by atoms with Gasteiger partial charge in [-0.2, -0.15) is 0 Å². The number of benzene rings is 1. The second-order valence-corrected chi connectivity index (χ2v) is 4.31. The number of hydrogen-bond acceptors (Lipinski definition) is 2. The van der Waals surface area contributed by atoms with Gasteiger partial charge in [0.05, 0.1) is 6.10 Å². The lowest BCUT2D eigenvalue weighted by atomic mass is 10.1. The Bertz CT molecular complexity index is 361. The van der Waals surface area contributed by atoms with E-state index in [1.165, 1.54) is 0 Å². The maximum Gasteiger partial charge on any atom is 0.317 e. The number of nitrogens with zero attached hydrogens (tertiary/aromatic N) is 1. The Morgan fingerprint density at radius 3 is 2.59 bits per heavy atom. The zero-order valence-corrected chi connectivity index (χ0v) is 9.80. The second kappa shape index (κ2) is 5.68. The van der Waals surface area contributed by atoms with Crippen molar-refractivity contribution in [2.75, 3.05) is 19.6 Å². The lowest BCUT2D eigenvalue weighted by Crippen LogP contribution is -2.39. The number of aliphatic hydroxyl groups is 1. The molecular weight excluding hydrogens is 216 g/mol. The van der Waals surface area contributed by atoms with Gasteiger partial charge in [-0.1, -0.05) is 30.3 Å². The zero-order valence-electron chi connectivity index (χ0n) is 9.80. The van der Waals surface area contributed by atoms with Crippen LogP contribution in [0.25, 0.3) is 0 Å². The van der Waals surface area contributed by atoms with Gasteiger partial charge in [0.1, 0.15) is 0 Å². The van der Waals surface area contributed by atoms with Crippen molar-refractivity contribution in [2.45, 2.75) is 18.9 Å². The van der Waals surface area contributed by atoms with Crippen molar-refractivity contribution >= 4 is 6.03 Å². The molecule has 0 bridgehead atoms. The van der Waals surface area contributed by atoms with Crippen LogP contribution in [0.2, 0.25) is 0 Å². The van der Waals surface area contributed by atoms with Crippen molar-refractivity contribution in [1.82, 2.24) is 10.2 Å². The van der Waals surface area contributed by atoms with Gasteiger partial charge in [-0.25, -0.2) is 4.79 Å². The van der Waals surface area contributed by atoms with Crippen molar-refractivity contribution in [2.24, 2.45) is 0 Å². The van der Waals surface area contributed by atoms with Gasteiger partial charge < -0.3 is 15.3 Å². The molecule has 1 unspecified atom stereocenters. The summed E-state index contributed by atoms with van der Waals surface area (Å²) in [6, 6.07) is 9.29. The average Bonchev–Trinajstić information content (AvgIpc) is 2.90. The number of hydrogen-bond donors (Lipinski definition) is 2. The Hall–Kier alpha value is -1.55. The third-order valence-electron chi connectivity index (χ3n) is 3.02. The van der Waals surface area contributed by atoms with Crippen LogP contribution in [0.15, 0.2) is 30.3 Å². The molecule has 0 radical (unpaired) electrons. The van der Waals surface area contributed by atoms with E-state index in [0.717, 1.165) is 31.5 Å². The molecule has 4 nitrogen and oxygen atoms in total. The fourth-order valence-electron chi connectivity index (χ4n) is 2.01. The third kappa shape index (κ3) is 3.20. The van der Waals surface area contributed by atoms with Crippen LogP contribution >= 0.6 is 0 Å². The lowest BCUT2D eigenvalue weighted by molar-refractivity contribution is 0.165. The Morgan fingerprint density at radius 2 is 1.94 bits per heavy atom. The summed E-state index contributed by atoms with van der Waals surface area (Å²) in [5.41, 5.74) is 0.828. The maximum absolute atomic E-state index is 11.7. The topological polar surface area (TPSA) is 52.6 Å². The van der Waals surface area contributed by atoms with E-state index in [9.17, 15) is 9.90 Å².